The second-order valence-corrected chi connectivity index (χ2v) is 9.54. The zero-order valence-electron chi connectivity index (χ0n) is 21.3. The van der Waals surface area contributed by atoms with E-state index in [0.717, 1.165) is 5.56 Å². The van der Waals surface area contributed by atoms with Crippen molar-refractivity contribution in [2.24, 2.45) is 17.4 Å². The van der Waals surface area contributed by atoms with Gasteiger partial charge in [-0.2, -0.15) is 0 Å². The molecule has 10 heteroatoms. The minimum absolute atomic E-state index is 0.183. The quantitative estimate of drug-likeness (QED) is 0.234. The fourth-order valence-corrected chi connectivity index (χ4v) is 4.40. The molecule has 1 heterocycles. The molecule has 2 rings (SSSR count). The molecule has 7 N–H and O–H groups in total. The SMILES string of the molecule is CCC(C)C(NC(=O)C(N)Cc1ccccc1)C(=O)N1CCCC1C(=O)NC(CCCCN)C(=O)O. The Morgan fingerprint density at radius 1 is 1.14 bits per heavy atom. The second kappa shape index (κ2) is 14.5. The first-order valence-electron chi connectivity index (χ1n) is 12.8. The summed E-state index contributed by atoms with van der Waals surface area (Å²) in [7, 11) is 0. The van der Waals surface area contributed by atoms with Crippen molar-refractivity contribution >= 4 is 23.7 Å². The van der Waals surface area contributed by atoms with E-state index >= 15 is 0 Å². The summed E-state index contributed by atoms with van der Waals surface area (Å²) in [5.74, 6) is -2.57. The summed E-state index contributed by atoms with van der Waals surface area (Å²) in [5, 5.41) is 14.9. The molecule has 0 bridgehead atoms. The summed E-state index contributed by atoms with van der Waals surface area (Å²) in [4.78, 5) is 52.6. The van der Waals surface area contributed by atoms with E-state index in [4.69, 9.17) is 11.5 Å². The number of rotatable bonds is 14. The molecule has 1 fully saturated rings. The van der Waals surface area contributed by atoms with E-state index in [1.54, 1.807) is 0 Å². The van der Waals surface area contributed by atoms with Crippen molar-refractivity contribution in [3.05, 3.63) is 35.9 Å². The molecule has 0 radical (unpaired) electrons. The Hall–Kier alpha value is -2.98. The zero-order chi connectivity index (χ0) is 26.7. The zero-order valence-corrected chi connectivity index (χ0v) is 21.3. The fourth-order valence-electron chi connectivity index (χ4n) is 4.40. The topological polar surface area (TPSA) is 168 Å². The van der Waals surface area contributed by atoms with Crippen molar-refractivity contribution in [2.75, 3.05) is 13.1 Å². The summed E-state index contributed by atoms with van der Waals surface area (Å²) in [6.07, 6.45) is 3.53. The van der Waals surface area contributed by atoms with E-state index < -0.39 is 42.0 Å². The number of amides is 3. The standard InChI is InChI=1S/C26H41N5O5/c1-3-17(2)22(30-23(32)19(28)16-18-10-5-4-6-11-18)25(34)31-15-9-13-21(31)24(33)29-20(26(35)36)12-7-8-14-27/h4-6,10-11,17,19-22H,3,7-9,12-16,27-28H2,1-2H3,(H,29,33)(H,30,32)(H,35,36). The molecule has 1 aromatic carbocycles. The maximum Gasteiger partial charge on any atom is 0.326 e. The lowest BCUT2D eigenvalue weighted by molar-refractivity contribution is -0.145. The van der Waals surface area contributed by atoms with Gasteiger partial charge in [0.1, 0.15) is 18.1 Å². The summed E-state index contributed by atoms with van der Waals surface area (Å²) in [5.41, 5.74) is 12.5. The molecule has 0 spiro atoms. The van der Waals surface area contributed by atoms with Crippen molar-refractivity contribution in [3.63, 3.8) is 0 Å². The Balaban J connectivity index is 2.09. The lowest BCUT2D eigenvalue weighted by Gasteiger charge is -2.32. The van der Waals surface area contributed by atoms with Gasteiger partial charge in [-0.25, -0.2) is 4.79 Å². The van der Waals surface area contributed by atoms with Gasteiger partial charge in [-0.3, -0.25) is 14.4 Å². The molecule has 10 nitrogen and oxygen atoms in total. The van der Waals surface area contributed by atoms with Crippen LogP contribution in [0.5, 0.6) is 0 Å². The number of hydrogen-bond donors (Lipinski definition) is 5. The number of hydrogen-bond acceptors (Lipinski definition) is 6. The molecule has 1 saturated heterocycles. The van der Waals surface area contributed by atoms with Gasteiger partial charge in [0.05, 0.1) is 6.04 Å². The monoisotopic (exact) mass is 503 g/mol. The molecular formula is C26H41N5O5. The Bertz CT molecular complexity index is 881. The third kappa shape index (κ3) is 8.30. The molecule has 5 atom stereocenters. The van der Waals surface area contributed by atoms with Crippen LogP contribution >= 0.6 is 0 Å². The average Bonchev–Trinajstić information content (AvgIpc) is 3.36. The van der Waals surface area contributed by atoms with Crippen LogP contribution in [0, 0.1) is 5.92 Å². The van der Waals surface area contributed by atoms with Crippen molar-refractivity contribution in [1.29, 1.82) is 0 Å². The number of likely N-dealkylation sites (tertiary alicyclic amines) is 1. The second-order valence-electron chi connectivity index (χ2n) is 9.54. The third-order valence-electron chi connectivity index (χ3n) is 6.81. The van der Waals surface area contributed by atoms with Gasteiger partial charge >= 0.3 is 5.97 Å². The summed E-state index contributed by atoms with van der Waals surface area (Å²) in [6.45, 7) is 4.60. The van der Waals surface area contributed by atoms with E-state index in [0.29, 0.717) is 51.6 Å². The molecule has 1 aromatic rings. The highest BCUT2D eigenvalue weighted by molar-refractivity contribution is 5.94. The number of carboxylic acid groups (broad SMARTS) is 1. The molecule has 200 valence electrons. The van der Waals surface area contributed by atoms with Crippen molar-refractivity contribution in [2.45, 2.75) is 83.0 Å². The van der Waals surface area contributed by atoms with Gasteiger partial charge < -0.3 is 32.1 Å². The molecule has 5 unspecified atom stereocenters. The number of nitrogens with zero attached hydrogens (tertiary/aromatic N) is 1. The van der Waals surface area contributed by atoms with Crippen LogP contribution in [0.15, 0.2) is 30.3 Å². The molecule has 1 aliphatic rings. The van der Waals surface area contributed by atoms with Crippen LogP contribution in [-0.4, -0.2) is 71.0 Å². The lowest BCUT2D eigenvalue weighted by Crippen LogP contribution is -2.58. The smallest absolute Gasteiger partial charge is 0.326 e. The van der Waals surface area contributed by atoms with Crippen molar-refractivity contribution < 1.29 is 24.3 Å². The molecule has 36 heavy (non-hydrogen) atoms. The lowest BCUT2D eigenvalue weighted by atomic mass is 9.96. The van der Waals surface area contributed by atoms with Gasteiger partial charge in [-0.15, -0.1) is 0 Å². The molecule has 1 aliphatic heterocycles. The number of unbranched alkanes of at least 4 members (excludes halogenated alkanes) is 1. The van der Waals surface area contributed by atoms with Gasteiger partial charge in [-0.1, -0.05) is 50.6 Å². The third-order valence-corrected chi connectivity index (χ3v) is 6.81. The summed E-state index contributed by atoms with van der Waals surface area (Å²) < 4.78 is 0. The maximum atomic E-state index is 13.6. The van der Waals surface area contributed by atoms with E-state index in [1.165, 1.54) is 4.90 Å². The number of nitrogens with one attached hydrogen (secondary N) is 2. The van der Waals surface area contributed by atoms with E-state index in [1.807, 2.05) is 44.2 Å². The predicted molar refractivity (Wildman–Crippen MR) is 137 cm³/mol. The molecule has 0 aromatic heterocycles. The maximum absolute atomic E-state index is 13.6. The van der Waals surface area contributed by atoms with Gasteiger partial charge in [-0.05, 0) is 56.6 Å². The molecule has 3 amide bonds. The normalized spacial score (nSPS) is 18.7. The van der Waals surface area contributed by atoms with Crippen LogP contribution < -0.4 is 22.1 Å². The Morgan fingerprint density at radius 3 is 2.44 bits per heavy atom. The number of nitrogens with two attached hydrogens (primary N) is 2. The highest BCUT2D eigenvalue weighted by atomic mass is 16.4. The number of carbonyl (C=O) groups excluding carboxylic acids is 3. The van der Waals surface area contributed by atoms with Crippen LogP contribution in [0.25, 0.3) is 0 Å². The highest BCUT2D eigenvalue weighted by Gasteiger charge is 2.40. The largest absolute Gasteiger partial charge is 0.480 e. The van der Waals surface area contributed by atoms with Gasteiger partial charge in [0.15, 0.2) is 0 Å². The number of carbonyl (C=O) groups is 4. The van der Waals surface area contributed by atoms with E-state index in [2.05, 4.69) is 10.6 Å². The molecule has 0 saturated carbocycles. The van der Waals surface area contributed by atoms with Crippen molar-refractivity contribution in [3.8, 4) is 0 Å². The van der Waals surface area contributed by atoms with Gasteiger partial charge in [0.25, 0.3) is 0 Å². The van der Waals surface area contributed by atoms with Crippen molar-refractivity contribution in [1.82, 2.24) is 15.5 Å². The van der Waals surface area contributed by atoms with Crippen LogP contribution in [0.2, 0.25) is 0 Å². The first-order chi connectivity index (χ1) is 17.2. The Labute approximate surface area is 213 Å². The Kier molecular flexibility index (Phi) is 11.8. The summed E-state index contributed by atoms with van der Waals surface area (Å²) >= 11 is 0. The number of carboxylic acids is 1. The fraction of sp³-hybridized carbons (Fsp3) is 0.615. The average molecular weight is 504 g/mol. The Morgan fingerprint density at radius 2 is 1.83 bits per heavy atom. The minimum atomic E-state index is -1.12. The van der Waals surface area contributed by atoms with E-state index in [-0.39, 0.29) is 18.2 Å². The number of benzene rings is 1. The minimum Gasteiger partial charge on any atom is -0.480 e. The molecular weight excluding hydrogens is 462 g/mol. The van der Waals surface area contributed by atoms with Crippen LogP contribution in [0.1, 0.15) is 57.9 Å². The van der Waals surface area contributed by atoms with Crippen LogP contribution in [0.4, 0.5) is 0 Å². The molecule has 0 aliphatic carbocycles. The first-order valence-corrected chi connectivity index (χ1v) is 12.8. The number of aliphatic carboxylic acids is 1. The van der Waals surface area contributed by atoms with Crippen LogP contribution in [-0.2, 0) is 25.6 Å². The predicted octanol–water partition coefficient (Wildman–Crippen LogP) is 0.777. The van der Waals surface area contributed by atoms with Crippen LogP contribution in [0.3, 0.4) is 0 Å². The van der Waals surface area contributed by atoms with Gasteiger partial charge in [0.2, 0.25) is 17.7 Å². The highest BCUT2D eigenvalue weighted by Crippen LogP contribution is 2.22. The first kappa shape index (κ1) is 29.3. The van der Waals surface area contributed by atoms with E-state index in [9.17, 15) is 24.3 Å². The van der Waals surface area contributed by atoms with Gasteiger partial charge in [0, 0.05) is 6.54 Å². The summed E-state index contributed by atoms with van der Waals surface area (Å²) in [6, 6.07) is 5.92.